The van der Waals surface area contributed by atoms with E-state index in [0.29, 0.717) is 0 Å². The quantitative estimate of drug-likeness (QED) is 0.751. The Balaban J connectivity index is 1.82. The van der Waals surface area contributed by atoms with Crippen LogP contribution in [0.1, 0.15) is 18.4 Å². The average Bonchev–Trinajstić information content (AvgIpc) is 2.31. The molecule has 0 N–H and O–H groups in total. The van der Waals surface area contributed by atoms with E-state index in [-0.39, 0.29) is 0 Å². The predicted octanol–water partition coefficient (Wildman–Crippen LogP) is 2.50. The van der Waals surface area contributed by atoms with Crippen LogP contribution in [0.3, 0.4) is 0 Å². The van der Waals surface area contributed by atoms with E-state index >= 15 is 0 Å². The van der Waals surface area contributed by atoms with E-state index < -0.39 is 0 Å². The summed E-state index contributed by atoms with van der Waals surface area (Å²) < 4.78 is 0. The van der Waals surface area contributed by atoms with Gasteiger partial charge in [0, 0.05) is 13.1 Å². The molecule has 0 atom stereocenters. The van der Waals surface area contributed by atoms with Gasteiger partial charge in [-0.05, 0) is 30.7 Å². The Morgan fingerprint density at radius 1 is 1.20 bits per heavy atom. The fourth-order valence-electron chi connectivity index (χ4n) is 2.24. The maximum Gasteiger partial charge on any atom is 0.0575 e. The molecule has 1 aromatic rings. The molecule has 0 aromatic heterocycles. The third-order valence-corrected chi connectivity index (χ3v) is 3.20. The molecule has 1 fully saturated rings. The Hall–Kier alpha value is -0.860. The summed E-state index contributed by atoms with van der Waals surface area (Å²) in [6.45, 7) is 2.15. The van der Waals surface area contributed by atoms with Crippen molar-refractivity contribution in [1.29, 1.82) is 0 Å². The molecule has 1 aliphatic rings. The maximum atomic E-state index is 5.22. The average molecular weight is 205 g/mol. The molecule has 0 saturated carbocycles. The van der Waals surface area contributed by atoms with Gasteiger partial charge in [-0.25, -0.2) is 0 Å². The van der Waals surface area contributed by atoms with E-state index in [9.17, 15) is 0 Å². The van der Waals surface area contributed by atoms with Gasteiger partial charge >= 0.3 is 0 Å². The summed E-state index contributed by atoms with van der Waals surface area (Å²) in [4.78, 5) is 5.22. The first kappa shape index (κ1) is 10.7. The summed E-state index contributed by atoms with van der Waals surface area (Å²) in [6.07, 6.45) is 3.73. The van der Waals surface area contributed by atoms with E-state index in [1.165, 1.54) is 24.8 Å². The normalized spacial score (nSPS) is 19.3. The second-order valence-corrected chi connectivity index (χ2v) is 4.24. The topological polar surface area (TPSA) is 12.5 Å². The molecule has 2 rings (SSSR count). The molecule has 1 heterocycles. The predicted molar refractivity (Wildman–Crippen MR) is 61.5 cm³/mol. The van der Waals surface area contributed by atoms with Crippen molar-refractivity contribution in [1.82, 2.24) is 5.06 Å². The van der Waals surface area contributed by atoms with Crippen molar-refractivity contribution in [3.63, 3.8) is 0 Å². The van der Waals surface area contributed by atoms with Crippen LogP contribution in [-0.4, -0.2) is 25.3 Å². The lowest BCUT2D eigenvalue weighted by atomic mass is 9.91. The second-order valence-electron chi connectivity index (χ2n) is 4.24. The van der Waals surface area contributed by atoms with Crippen molar-refractivity contribution in [2.24, 2.45) is 5.92 Å². The van der Waals surface area contributed by atoms with E-state index in [4.69, 9.17) is 4.84 Å². The van der Waals surface area contributed by atoms with Crippen LogP contribution in [0.4, 0.5) is 0 Å². The van der Waals surface area contributed by atoms with Crippen LogP contribution in [0.5, 0.6) is 0 Å². The molecule has 1 aromatic carbocycles. The van der Waals surface area contributed by atoms with Gasteiger partial charge in [-0.2, -0.15) is 5.06 Å². The maximum absolute atomic E-state index is 5.22. The van der Waals surface area contributed by atoms with E-state index in [2.05, 4.69) is 35.4 Å². The Labute approximate surface area is 91.8 Å². The Bertz CT molecular complexity index is 278. The van der Waals surface area contributed by atoms with Crippen LogP contribution in [0.15, 0.2) is 30.3 Å². The zero-order chi connectivity index (χ0) is 10.5. The minimum atomic E-state index is 0.832. The lowest BCUT2D eigenvalue weighted by molar-refractivity contribution is -0.147. The van der Waals surface area contributed by atoms with Crippen LogP contribution in [0.2, 0.25) is 0 Å². The number of hydrogen-bond donors (Lipinski definition) is 0. The molecule has 1 aliphatic heterocycles. The van der Waals surface area contributed by atoms with Gasteiger partial charge in [0.1, 0.15) is 0 Å². The Morgan fingerprint density at radius 2 is 1.87 bits per heavy atom. The SMILES string of the molecule is CON1CCC(Cc2ccccc2)CC1. The number of rotatable bonds is 3. The van der Waals surface area contributed by atoms with Crippen molar-refractivity contribution >= 4 is 0 Å². The van der Waals surface area contributed by atoms with Gasteiger partial charge in [-0.1, -0.05) is 30.3 Å². The third-order valence-electron chi connectivity index (χ3n) is 3.20. The minimum absolute atomic E-state index is 0.832. The minimum Gasteiger partial charge on any atom is -0.302 e. The molecule has 82 valence electrons. The molecule has 15 heavy (non-hydrogen) atoms. The molecule has 0 radical (unpaired) electrons. The van der Waals surface area contributed by atoms with Crippen molar-refractivity contribution in [2.75, 3.05) is 20.2 Å². The van der Waals surface area contributed by atoms with Crippen molar-refractivity contribution in [3.05, 3.63) is 35.9 Å². The highest BCUT2D eigenvalue weighted by Crippen LogP contribution is 2.21. The van der Waals surface area contributed by atoms with Crippen LogP contribution < -0.4 is 0 Å². The third kappa shape index (κ3) is 3.05. The van der Waals surface area contributed by atoms with Gasteiger partial charge in [-0.3, -0.25) is 0 Å². The Morgan fingerprint density at radius 3 is 2.47 bits per heavy atom. The molecule has 2 heteroatoms. The van der Waals surface area contributed by atoms with E-state index in [0.717, 1.165) is 19.0 Å². The first-order valence-corrected chi connectivity index (χ1v) is 5.71. The number of nitrogens with zero attached hydrogens (tertiary/aromatic N) is 1. The van der Waals surface area contributed by atoms with Gasteiger partial charge in [0.15, 0.2) is 0 Å². The van der Waals surface area contributed by atoms with Crippen molar-refractivity contribution < 1.29 is 4.84 Å². The van der Waals surface area contributed by atoms with Crippen LogP contribution in [0, 0.1) is 5.92 Å². The standard InChI is InChI=1S/C13H19NO/c1-15-14-9-7-13(8-10-14)11-12-5-3-2-4-6-12/h2-6,13H,7-11H2,1H3. The smallest absolute Gasteiger partial charge is 0.0575 e. The highest BCUT2D eigenvalue weighted by atomic mass is 16.7. The molecule has 0 bridgehead atoms. The molecular formula is C13H19NO. The summed E-state index contributed by atoms with van der Waals surface area (Å²) in [6, 6.07) is 10.8. The molecule has 0 aliphatic carbocycles. The largest absolute Gasteiger partial charge is 0.302 e. The lowest BCUT2D eigenvalue weighted by Crippen LogP contribution is -2.33. The molecule has 0 spiro atoms. The highest BCUT2D eigenvalue weighted by molar-refractivity contribution is 5.15. The van der Waals surface area contributed by atoms with Gasteiger partial charge in [0.05, 0.1) is 7.11 Å². The number of piperidine rings is 1. The second kappa shape index (κ2) is 5.29. The zero-order valence-electron chi connectivity index (χ0n) is 9.36. The lowest BCUT2D eigenvalue weighted by Gasteiger charge is -2.29. The van der Waals surface area contributed by atoms with Crippen molar-refractivity contribution in [2.45, 2.75) is 19.3 Å². The van der Waals surface area contributed by atoms with Gasteiger partial charge < -0.3 is 4.84 Å². The summed E-state index contributed by atoms with van der Waals surface area (Å²) in [5.74, 6) is 0.832. The zero-order valence-corrected chi connectivity index (χ0v) is 9.36. The van der Waals surface area contributed by atoms with Gasteiger partial charge in [0.2, 0.25) is 0 Å². The number of hydroxylamine groups is 2. The fourth-order valence-corrected chi connectivity index (χ4v) is 2.24. The summed E-state index contributed by atoms with van der Waals surface area (Å²) in [5.41, 5.74) is 1.47. The van der Waals surface area contributed by atoms with Crippen LogP contribution in [0.25, 0.3) is 0 Å². The molecule has 0 amide bonds. The van der Waals surface area contributed by atoms with E-state index in [1.54, 1.807) is 7.11 Å². The first-order chi connectivity index (χ1) is 7.38. The molecule has 0 unspecified atom stereocenters. The first-order valence-electron chi connectivity index (χ1n) is 5.71. The van der Waals surface area contributed by atoms with E-state index in [1.807, 2.05) is 0 Å². The highest BCUT2D eigenvalue weighted by Gasteiger charge is 2.18. The number of hydrogen-bond acceptors (Lipinski definition) is 2. The monoisotopic (exact) mass is 205 g/mol. The number of benzene rings is 1. The summed E-state index contributed by atoms with van der Waals surface area (Å²) in [5, 5.41) is 2.06. The van der Waals surface area contributed by atoms with Gasteiger partial charge in [-0.15, -0.1) is 0 Å². The van der Waals surface area contributed by atoms with Gasteiger partial charge in [0.25, 0.3) is 0 Å². The summed E-state index contributed by atoms with van der Waals surface area (Å²) >= 11 is 0. The fraction of sp³-hybridized carbons (Fsp3) is 0.538. The Kier molecular flexibility index (Phi) is 3.75. The van der Waals surface area contributed by atoms with Crippen molar-refractivity contribution in [3.8, 4) is 0 Å². The molecule has 1 saturated heterocycles. The molecule has 2 nitrogen and oxygen atoms in total. The van der Waals surface area contributed by atoms with Crippen LogP contribution in [-0.2, 0) is 11.3 Å². The molecular weight excluding hydrogens is 186 g/mol. The summed E-state index contributed by atoms with van der Waals surface area (Å²) in [7, 11) is 1.76. The van der Waals surface area contributed by atoms with Crippen LogP contribution >= 0.6 is 0 Å².